The fraction of sp³-hybridized carbons (Fsp3) is 0.158. The van der Waals surface area contributed by atoms with E-state index in [0.717, 1.165) is 22.6 Å². The van der Waals surface area contributed by atoms with Gasteiger partial charge in [0.25, 0.3) is 5.91 Å². The molecule has 0 spiro atoms. The second-order valence-electron chi connectivity index (χ2n) is 5.40. The first-order valence-electron chi connectivity index (χ1n) is 7.66. The van der Waals surface area contributed by atoms with Crippen LogP contribution in [0.2, 0.25) is 0 Å². The number of carbonyl (C=O) groups excluding carboxylic acids is 1. The summed E-state index contributed by atoms with van der Waals surface area (Å²) in [5, 5.41) is 5.29. The number of benzene rings is 2. The lowest BCUT2D eigenvalue weighted by atomic mass is 10.1. The Kier molecular flexibility index (Phi) is 5.00. The molecule has 0 radical (unpaired) electrons. The molecule has 3 rings (SSSR count). The van der Waals surface area contributed by atoms with Gasteiger partial charge in [-0.2, -0.15) is 0 Å². The number of aryl methyl sites for hydroxylation is 1. The van der Waals surface area contributed by atoms with Crippen LogP contribution in [0.4, 0.5) is 5.13 Å². The second kappa shape index (κ2) is 7.36. The van der Waals surface area contributed by atoms with E-state index in [1.807, 2.05) is 42.6 Å². The molecular formula is C19H18N2O3S. The molecular weight excluding hydrogens is 336 g/mol. The lowest BCUT2D eigenvalue weighted by Crippen LogP contribution is -2.12. The number of thiazole rings is 1. The Morgan fingerprint density at radius 3 is 2.52 bits per heavy atom. The average molecular weight is 354 g/mol. The van der Waals surface area contributed by atoms with E-state index in [1.165, 1.54) is 11.3 Å². The average Bonchev–Trinajstić information content (AvgIpc) is 3.10. The van der Waals surface area contributed by atoms with Gasteiger partial charge >= 0.3 is 0 Å². The third-order valence-electron chi connectivity index (χ3n) is 3.78. The Morgan fingerprint density at radius 1 is 1.08 bits per heavy atom. The van der Waals surface area contributed by atoms with Crippen LogP contribution in [0.3, 0.4) is 0 Å². The Hall–Kier alpha value is -2.86. The van der Waals surface area contributed by atoms with Gasteiger partial charge in [-0.3, -0.25) is 10.1 Å². The largest absolute Gasteiger partial charge is 0.497 e. The van der Waals surface area contributed by atoms with E-state index in [9.17, 15) is 4.79 Å². The Morgan fingerprint density at radius 2 is 1.84 bits per heavy atom. The first-order chi connectivity index (χ1) is 12.1. The summed E-state index contributed by atoms with van der Waals surface area (Å²) < 4.78 is 10.4. The van der Waals surface area contributed by atoms with Crippen LogP contribution < -0.4 is 14.8 Å². The van der Waals surface area contributed by atoms with Crippen molar-refractivity contribution in [2.45, 2.75) is 6.92 Å². The molecule has 0 fully saturated rings. The third kappa shape index (κ3) is 3.80. The first-order valence-corrected chi connectivity index (χ1v) is 8.54. The fourth-order valence-corrected chi connectivity index (χ4v) is 3.07. The zero-order chi connectivity index (χ0) is 17.8. The number of methoxy groups -OCH3 is 2. The predicted octanol–water partition coefficient (Wildman–Crippen LogP) is 4.39. The molecule has 1 aromatic heterocycles. The van der Waals surface area contributed by atoms with Crippen LogP contribution in [0.1, 0.15) is 15.9 Å². The Bertz CT molecular complexity index is 888. The minimum absolute atomic E-state index is 0.214. The third-order valence-corrected chi connectivity index (χ3v) is 4.54. The molecule has 0 saturated heterocycles. The lowest BCUT2D eigenvalue weighted by molar-refractivity contribution is 0.102. The highest BCUT2D eigenvalue weighted by Gasteiger charge is 2.12. The van der Waals surface area contributed by atoms with Gasteiger partial charge in [-0.1, -0.05) is 6.07 Å². The van der Waals surface area contributed by atoms with Crippen LogP contribution in [0.5, 0.6) is 11.5 Å². The van der Waals surface area contributed by atoms with Gasteiger partial charge in [-0.05, 0) is 48.9 Å². The summed E-state index contributed by atoms with van der Waals surface area (Å²) in [6.45, 7) is 1.93. The summed E-state index contributed by atoms with van der Waals surface area (Å²) in [6.07, 6.45) is 0. The van der Waals surface area contributed by atoms with Gasteiger partial charge in [0.1, 0.15) is 11.5 Å². The van der Waals surface area contributed by atoms with Crippen molar-refractivity contribution in [3.05, 3.63) is 59.0 Å². The highest BCUT2D eigenvalue weighted by atomic mass is 32.1. The van der Waals surface area contributed by atoms with E-state index in [2.05, 4.69) is 10.3 Å². The number of nitrogens with one attached hydrogen (secondary N) is 1. The summed E-state index contributed by atoms with van der Waals surface area (Å²) in [6, 6.07) is 13.0. The van der Waals surface area contributed by atoms with Crippen LogP contribution in [-0.4, -0.2) is 25.1 Å². The molecule has 25 heavy (non-hydrogen) atoms. The van der Waals surface area contributed by atoms with Crippen molar-refractivity contribution in [2.24, 2.45) is 0 Å². The maximum atomic E-state index is 12.4. The van der Waals surface area contributed by atoms with Crippen LogP contribution in [-0.2, 0) is 0 Å². The number of amides is 1. The molecule has 0 aliphatic heterocycles. The van der Waals surface area contributed by atoms with E-state index >= 15 is 0 Å². The maximum absolute atomic E-state index is 12.4. The molecule has 3 aromatic rings. The molecule has 0 unspecified atom stereocenters. The minimum Gasteiger partial charge on any atom is -0.497 e. The van der Waals surface area contributed by atoms with Crippen molar-refractivity contribution >= 4 is 22.4 Å². The number of hydrogen-bond donors (Lipinski definition) is 1. The SMILES string of the molecule is COc1ccc(-c2csc(NC(=O)c3ccc(C)c(OC)c3)n2)cc1. The van der Waals surface area contributed by atoms with E-state index in [1.54, 1.807) is 26.4 Å². The van der Waals surface area contributed by atoms with Crippen molar-refractivity contribution in [1.82, 2.24) is 4.98 Å². The Labute approximate surface area is 150 Å². The molecule has 0 saturated carbocycles. The number of anilines is 1. The molecule has 1 N–H and O–H groups in total. The Balaban J connectivity index is 1.75. The summed E-state index contributed by atoms with van der Waals surface area (Å²) in [7, 11) is 3.22. The van der Waals surface area contributed by atoms with Crippen LogP contribution in [0, 0.1) is 6.92 Å². The molecule has 5 nitrogen and oxygen atoms in total. The van der Waals surface area contributed by atoms with Gasteiger partial charge in [0.05, 0.1) is 19.9 Å². The van der Waals surface area contributed by atoms with Gasteiger partial charge in [0.15, 0.2) is 5.13 Å². The molecule has 128 valence electrons. The van der Waals surface area contributed by atoms with Crippen molar-refractivity contribution in [3.63, 3.8) is 0 Å². The van der Waals surface area contributed by atoms with Crippen molar-refractivity contribution in [3.8, 4) is 22.8 Å². The molecule has 0 aliphatic rings. The summed E-state index contributed by atoms with van der Waals surface area (Å²) >= 11 is 1.38. The van der Waals surface area contributed by atoms with E-state index < -0.39 is 0 Å². The number of nitrogens with zero attached hydrogens (tertiary/aromatic N) is 1. The van der Waals surface area contributed by atoms with Crippen molar-refractivity contribution in [1.29, 1.82) is 0 Å². The van der Waals surface area contributed by atoms with Gasteiger partial charge in [0.2, 0.25) is 0 Å². The highest BCUT2D eigenvalue weighted by Crippen LogP contribution is 2.27. The van der Waals surface area contributed by atoms with Crippen molar-refractivity contribution in [2.75, 3.05) is 19.5 Å². The fourth-order valence-electron chi connectivity index (χ4n) is 2.36. The zero-order valence-corrected chi connectivity index (χ0v) is 15.0. The van der Waals surface area contributed by atoms with Gasteiger partial charge < -0.3 is 9.47 Å². The molecule has 0 bridgehead atoms. The quantitative estimate of drug-likeness (QED) is 0.738. The topological polar surface area (TPSA) is 60.5 Å². The number of ether oxygens (including phenoxy) is 2. The number of carbonyl (C=O) groups is 1. The lowest BCUT2D eigenvalue weighted by Gasteiger charge is -2.07. The monoisotopic (exact) mass is 354 g/mol. The minimum atomic E-state index is -0.214. The highest BCUT2D eigenvalue weighted by molar-refractivity contribution is 7.14. The molecule has 2 aromatic carbocycles. The summed E-state index contributed by atoms with van der Waals surface area (Å²) in [5.41, 5.74) is 3.29. The number of rotatable bonds is 5. The van der Waals surface area contributed by atoms with Crippen LogP contribution in [0.25, 0.3) is 11.3 Å². The smallest absolute Gasteiger partial charge is 0.257 e. The van der Waals surface area contributed by atoms with Crippen LogP contribution in [0.15, 0.2) is 47.8 Å². The van der Waals surface area contributed by atoms with E-state index in [4.69, 9.17) is 9.47 Å². The van der Waals surface area contributed by atoms with Crippen LogP contribution >= 0.6 is 11.3 Å². The second-order valence-corrected chi connectivity index (χ2v) is 6.26. The van der Waals surface area contributed by atoms with Gasteiger partial charge in [0, 0.05) is 16.5 Å². The molecule has 6 heteroatoms. The van der Waals surface area contributed by atoms with E-state index in [-0.39, 0.29) is 5.91 Å². The van der Waals surface area contributed by atoms with E-state index in [0.29, 0.717) is 16.4 Å². The maximum Gasteiger partial charge on any atom is 0.257 e. The predicted molar refractivity (Wildman–Crippen MR) is 99.8 cm³/mol. The molecule has 1 amide bonds. The van der Waals surface area contributed by atoms with Gasteiger partial charge in [-0.15, -0.1) is 11.3 Å². The molecule has 0 aliphatic carbocycles. The molecule has 0 atom stereocenters. The number of hydrogen-bond acceptors (Lipinski definition) is 5. The first kappa shape index (κ1) is 17.0. The zero-order valence-electron chi connectivity index (χ0n) is 14.2. The normalized spacial score (nSPS) is 10.4. The molecule has 1 heterocycles. The van der Waals surface area contributed by atoms with Crippen molar-refractivity contribution < 1.29 is 14.3 Å². The summed E-state index contributed by atoms with van der Waals surface area (Å²) in [4.78, 5) is 16.9. The number of aromatic nitrogens is 1. The summed E-state index contributed by atoms with van der Waals surface area (Å²) in [5.74, 6) is 1.26. The van der Waals surface area contributed by atoms with Gasteiger partial charge in [-0.25, -0.2) is 4.98 Å². The standard InChI is InChI=1S/C19H18N2O3S/c1-12-4-5-14(10-17(12)24-3)18(22)21-19-20-16(11-25-19)13-6-8-15(23-2)9-7-13/h4-11H,1-3H3,(H,20,21,22).